The van der Waals surface area contributed by atoms with E-state index in [4.69, 9.17) is 4.74 Å². The van der Waals surface area contributed by atoms with Crippen molar-refractivity contribution in [2.24, 2.45) is 39.4 Å². The Hall–Kier alpha value is -1.92. The number of aliphatic hydroxyl groups excluding tert-OH is 2. The summed E-state index contributed by atoms with van der Waals surface area (Å²) >= 11 is 0. The molecule has 38 heavy (non-hydrogen) atoms. The molecule has 0 heterocycles. The predicted octanol–water partition coefficient (Wildman–Crippen LogP) is 5.83. The average molecular weight is 529 g/mol. The molecule has 2 fully saturated rings. The van der Waals surface area contributed by atoms with Gasteiger partial charge in [0.1, 0.15) is 6.10 Å². The summed E-state index contributed by atoms with van der Waals surface area (Å²) in [7, 11) is 0. The van der Waals surface area contributed by atoms with E-state index in [1.165, 1.54) is 18.1 Å². The Morgan fingerprint density at radius 2 is 1.74 bits per heavy atom. The second kappa shape index (κ2) is 9.62. The Balaban J connectivity index is 1.72. The number of rotatable bonds is 6. The first-order chi connectivity index (χ1) is 17.5. The molecule has 6 nitrogen and oxygen atoms in total. The summed E-state index contributed by atoms with van der Waals surface area (Å²) in [6.07, 6.45) is 9.49. The molecular formula is C32H48O6. The maximum Gasteiger partial charge on any atom is 0.330 e. The van der Waals surface area contributed by atoms with Gasteiger partial charge in [-0.3, -0.25) is 4.79 Å². The van der Waals surface area contributed by atoms with Gasteiger partial charge in [0.15, 0.2) is 0 Å². The standard InChI is InChI=1S/C32H48O6/c1-18(28(36)37)9-11-24(38-20(3)33)19(2)23-17-27(35)32(8)22-10-12-25-29(4,5)26(34)14-15-30(25,6)21(22)13-16-31(23,32)7/h9-10,13,19,23-27,34-35H,11-12,14-17H2,1-8H3,(H,36,37)/b18-9+. The zero-order chi connectivity index (χ0) is 28.4. The zero-order valence-electron chi connectivity index (χ0n) is 24.5. The maximum atomic E-state index is 12.0. The number of allylic oxidation sites excluding steroid dienone is 3. The summed E-state index contributed by atoms with van der Waals surface area (Å²) in [4.78, 5) is 23.4. The molecule has 4 rings (SSSR count). The minimum atomic E-state index is -0.977. The van der Waals surface area contributed by atoms with E-state index in [0.717, 1.165) is 25.7 Å². The summed E-state index contributed by atoms with van der Waals surface area (Å²) in [5.74, 6) is -0.998. The largest absolute Gasteiger partial charge is 0.478 e. The van der Waals surface area contributed by atoms with Crippen LogP contribution >= 0.6 is 0 Å². The van der Waals surface area contributed by atoms with Crippen LogP contribution in [0.3, 0.4) is 0 Å². The van der Waals surface area contributed by atoms with Crippen molar-refractivity contribution in [1.82, 2.24) is 0 Å². The molecule has 0 aromatic heterocycles. The Morgan fingerprint density at radius 1 is 1.08 bits per heavy atom. The molecule has 9 unspecified atom stereocenters. The lowest BCUT2D eigenvalue weighted by molar-refractivity contribution is -0.151. The molecule has 0 radical (unpaired) electrons. The first kappa shape index (κ1) is 29.1. The third kappa shape index (κ3) is 4.13. The lowest BCUT2D eigenvalue weighted by Gasteiger charge is -2.61. The maximum absolute atomic E-state index is 12.0. The molecule has 212 valence electrons. The quantitative estimate of drug-likeness (QED) is 0.296. The molecule has 0 amide bonds. The van der Waals surface area contributed by atoms with Crippen LogP contribution < -0.4 is 0 Å². The number of carboxylic acid groups (broad SMARTS) is 1. The van der Waals surface area contributed by atoms with Crippen LogP contribution in [0.5, 0.6) is 0 Å². The number of aliphatic hydroxyl groups is 2. The van der Waals surface area contributed by atoms with Crippen molar-refractivity contribution < 1.29 is 29.6 Å². The second-order valence-electron chi connectivity index (χ2n) is 13.9. The van der Waals surface area contributed by atoms with Crippen LogP contribution in [-0.4, -0.2) is 45.6 Å². The van der Waals surface area contributed by atoms with Crippen molar-refractivity contribution >= 4 is 11.9 Å². The summed E-state index contributed by atoms with van der Waals surface area (Å²) in [6.45, 7) is 16.3. The molecule has 6 heteroatoms. The van der Waals surface area contributed by atoms with Gasteiger partial charge in [-0.05, 0) is 84.2 Å². The number of aliphatic carboxylic acids is 1. The number of hydrogen-bond acceptors (Lipinski definition) is 5. The fraction of sp³-hybridized carbons (Fsp3) is 0.750. The Morgan fingerprint density at radius 3 is 2.34 bits per heavy atom. The van der Waals surface area contributed by atoms with Gasteiger partial charge in [-0.2, -0.15) is 0 Å². The van der Waals surface area contributed by atoms with E-state index in [1.54, 1.807) is 13.0 Å². The van der Waals surface area contributed by atoms with Gasteiger partial charge in [0, 0.05) is 24.3 Å². The van der Waals surface area contributed by atoms with Crippen molar-refractivity contribution in [2.75, 3.05) is 0 Å². The van der Waals surface area contributed by atoms with Crippen LogP contribution in [-0.2, 0) is 14.3 Å². The van der Waals surface area contributed by atoms with Gasteiger partial charge in [0.05, 0.1) is 12.2 Å². The molecule has 2 saturated carbocycles. The third-order valence-corrected chi connectivity index (χ3v) is 11.9. The summed E-state index contributed by atoms with van der Waals surface area (Å²) in [5, 5.41) is 31.9. The van der Waals surface area contributed by atoms with E-state index in [1.807, 2.05) is 0 Å². The van der Waals surface area contributed by atoms with Gasteiger partial charge < -0.3 is 20.1 Å². The lowest BCUT2D eigenvalue weighted by atomic mass is 9.44. The van der Waals surface area contributed by atoms with E-state index in [0.29, 0.717) is 18.8 Å². The SMILES string of the molecule is CC(=O)OC(C/C=C(\C)C(=O)O)C(C)C1CC(O)C2(C)C3=CCC4C(C)(CCC(O)C4(C)C)C3=CCC12C. The highest BCUT2D eigenvalue weighted by Gasteiger charge is 2.66. The fourth-order valence-electron chi connectivity index (χ4n) is 9.09. The highest BCUT2D eigenvalue weighted by atomic mass is 16.5. The van der Waals surface area contributed by atoms with Crippen molar-refractivity contribution in [3.8, 4) is 0 Å². The lowest BCUT2D eigenvalue weighted by Crippen LogP contribution is -2.55. The van der Waals surface area contributed by atoms with Crippen LogP contribution in [0.4, 0.5) is 0 Å². The van der Waals surface area contributed by atoms with Gasteiger partial charge in [0.25, 0.3) is 0 Å². The number of ether oxygens (including phenoxy) is 1. The van der Waals surface area contributed by atoms with E-state index < -0.39 is 23.6 Å². The summed E-state index contributed by atoms with van der Waals surface area (Å²) in [6, 6.07) is 0. The number of hydrogen-bond donors (Lipinski definition) is 3. The normalized spacial score (nSPS) is 41.6. The van der Waals surface area contributed by atoms with Gasteiger partial charge in [0.2, 0.25) is 0 Å². The first-order valence-electron chi connectivity index (χ1n) is 14.4. The molecule has 0 aromatic carbocycles. The molecule has 4 aliphatic rings. The minimum Gasteiger partial charge on any atom is -0.478 e. The number of esters is 1. The van der Waals surface area contributed by atoms with E-state index in [9.17, 15) is 24.9 Å². The molecule has 0 spiro atoms. The molecule has 0 saturated heterocycles. The van der Waals surface area contributed by atoms with Gasteiger partial charge in [-0.25, -0.2) is 4.79 Å². The van der Waals surface area contributed by atoms with Crippen LogP contribution in [0.25, 0.3) is 0 Å². The van der Waals surface area contributed by atoms with Crippen molar-refractivity contribution in [1.29, 1.82) is 0 Å². The minimum absolute atomic E-state index is 0.0417. The molecule has 4 aliphatic carbocycles. The van der Waals surface area contributed by atoms with Gasteiger partial charge >= 0.3 is 11.9 Å². The van der Waals surface area contributed by atoms with Gasteiger partial charge in [-0.15, -0.1) is 0 Å². The molecular weight excluding hydrogens is 480 g/mol. The van der Waals surface area contributed by atoms with Gasteiger partial charge in [-0.1, -0.05) is 59.8 Å². The van der Waals surface area contributed by atoms with Crippen LogP contribution in [0.2, 0.25) is 0 Å². The average Bonchev–Trinajstić information content (AvgIpc) is 3.04. The number of carbonyl (C=O) groups excluding carboxylic acids is 1. The Bertz CT molecular complexity index is 1080. The topological polar surface area (TPSA) is 104 Å². The summed E-state index contributed by atoms with van der Waals surface area (Å²) in [5.41, 5.74) is 1.94. The van der Waals surface area contributed by atoms with Crippen LogP contribution in [0.1, 0.15) is 93.9 Å². The highest BCUT2D eigenvalue weighted by molar-refractivity contribution is 5.85. The van der Waals surface area contributed by atoms with E-state index in [2.05, 4.69) is 53.7 Å². The monoisotopic (exact) mass is 528 g/mol. The van der Waals surface area contributed by atoms with E-state index >= 15 is 0 Å². The number of carbonyl (C=O) groups is 2. The Labute approximate surface area is 228 Å². The number of carboxylic acids is 1. The highest BCUT2D eigenvalue weighted by Crippen LogP contribution is 2.71. The first-order valence-corrected chi connectivity index (χ1v) is 14.4. The molecule has 0 aliphatic heterocycles. The Kier molecular flexibility index (Phi) is 7.36. The number of fused-ring (bicyclic) bond motifs is 5. The predicted molar refractivity (Wildman–Crippen MR) is 147 cm³/mol. The molecule has 9 atom stereocenters. The van der Waals surface area contributed by atoms with Crippen molar-refractivity contribution in [3.63, 3.8) is 0 Å². The van der Waals surface area contributed by atoms with Crippen LogP contribution in [0, 0.1) is 39.4 Å². The fourth-order valence-corrected chi connectivity index (χ4v) is 9.09. The van der Waals surface area contributed by atoms with Crippen LogP contribution in [0.15, 0.2) is 34.9 Å². The summed E-state index contributed by atoms with van der Waals surface area (Å²) < 4.78 is 5.76. The zero-order valence-corrected chi connectivity index (χ0v) is 24.5. The van der Waals surface area contributed by atoms with E-state index in [-0.39, 0.29) is 45.7 Å². The van der Waals surface area contributed by atoms with Crippen molar-refractivity contribution in [3.05, 3.63) is 34.9 Å². The molecule has 0 bridgehead atoms. The van der Waals surface area contributed by atoms with Crippen molar-refractivity contribution in [2.45, 2.75) is 112 Å². The molecule has 0 aromatic rings. The molecule has 3 N–H and O–H groups in total. The smallest absolute Gasteiger partial charge is 0.330 e. The second-order valence-corrected chi connectivity index (χ2v) is 13.9. The third-order valence-electron chi connectivity index (χ3n) is 11.9.